The molecule has 0 aliphatic heterocycles. The van der Waals surface area contributed by atoms with Gasteiger partial charge in [-0.1, -0.05) is 53.7 Å². The van der Waals surface area contributed by atoms with Crippen LogP contribution in [0.4, 0.5) is 5.82 Å². The Hall–Kier alpha value is -2.41. The number of rotatable bonds is 12. The van der Waals surface area contributed by atoms with Gasteiger partial charge in [-0.15, -0.1) is 0 Å². The maximum atomic E-state index is 10.8. The Bertz CT molecular complexity index is 887. The lowest BCUT2D eigenvalue weighted by molar-refractivity contribution is -0.389. The van der Waals surface area contributed by atoms with Gasteiger partial charge in [0.25, 0.3) is 0 Å². The van der Waals surface area contributed by atoms with Crippen molar-refractivity contribution < 1.29 is 14.4 Å². The van der Waals surface area contributed by atoms with Gasteiger partial charge in [0.1, 0.15) is 18.6 Å². The van der Waals surface area contributed by atoms with E-state index >= 15 is 0 Å². The Balaban J connectivity index is 1.95. The van der Waals surface area contributed by atoms with Gasteiger partial charge < -0.3 is 24.2 Å². The molecule has 31 heavy (non-hydrogen) atoms. The number of benzene rings is 1. The van der Waals surface area contributed by atoms with Crippen molar-refractivity contribution in [3.63, 3.8) is 0 Å². The van der Waals surface area contributed by atoms with E-state index in [0.717, 1.165) is 18.6 Å². The van der Waals surface area contributed by atoms with Crippen LogP contribution in [0.3, 0.4) is 0 Å². The first kappa shape index (κ1) is 24.9. The third-order valence-electron chi connectivity index (χ3n) is 6.37. The third kappa shape index (κ3) is 6.29. The molecule has 1 heterocycles. The average molecular weight is 432 g/mol. The molecule has 0 N–H and O–H groups in total. The molecule has 2 aromatic rings. The van der Waals surface area contributed by atoms with Gasteiger partial charge in [-0.25, -0.2) is 0 Å². The largest absolute Gasteiger partial charge is 0.491 e. The van der Waals surface area contributed by atoms with Crippen molar-refractivity contribution in [2.75, 3.05) is 19.8 Å². The molecule has 0 atom stereocenters. The normalized spacial score (nSPS) is 12.2. The molecule has 7 heteroatoms. The summed E-state index contributed by atoms with van der Waals surface area (Å²) in [4.78, 5) is 14.2. The van der Waals surface area contributed by atoms with Gasteiger partial charge in [0.15, 0.2) is 0 Å². The van der Waals surface area contributed by atoms with Gasteiger partial charge in [0.2, 0.25) is 5.82 Å². The Labute approximate surface area is 185 Å². The summed E-state index contributed by atoms with van der Waals surface area (Å²) in [7, 11) is 0. The fourth-order valence-corrected chi connectivity index (χ4v) is 3.28. The highest BCUT2D eigenvalue weighted by Gasteiger charge is 2.26. The van der Waals surface area contributed by atoms with Crippen LogP contribution >= 0.6 is 0 Å². The van der Waals surface area contributed by atoms with E-state index in [9.17, 15) is 10.1 Å². The monoisotopic (exact) mass is 431 g/mol. The molecule has 1 aromatic heterocycles. The summed E-state index contributed by atoms with van der Waals surface area (Å²) in [5.74, 6) is 1.38. The highest BCUT2D eigenvalue weighted by Crippen LogP contribution is 2.38. The average Bonchev–Trinajstić information content (AvgIpc) is 3.11. The Morgan fingerprint density at radius 2 is 1.74 bits per heavy atom. The molecular formula is C24H37N3O4. The molecule has 0 radical (unpaired) electrons. The topological polar surface area (TPSA) is 79.4 Å². The lowest BCUT2D eigenvalue weighted by atomic mass is 9.76. The summed E-state index contributed by atoms with van der Waals surface area (Å²) in [6.07, 6.45) is 3.53. The van der Waals surface area contributed by atoms with Gasteiger partial charge >= 0.3 is 5.82 Å². The lowest BCUT2D eigenvalue weighted by Crippen LogP contribution is -2.21. The molecule has 0 saturated heterocycles. The molecule has 0 aliphatic rings. The number of aromatic nitrogens is 2. The number of hydrogen-bond donors (Lipinski definition) is 0. The second-order valence-corrected chi connectivity index (χ2v) is 9.24. The fraction of sp³-hybridized carbons (Fsp3) is 0.625. The van der Waals surface area contributed by atoms with E-state index in [-0.39, 0.29) is 16.6 Å². The number of aryl methyl sites for hydroxylation is 1. The second kappa shape index (κ2) is 10.3. The highest BCUT2D eigenvalue weighted by atomic mass is 16.6. The molecule has 0 fully saturated rings. The summed E-state index contributed by atoms with van der Waals surface area (Å²) in [6.45, 7) is 17.1. The van der Waals surface area contributed by atoms with Crippen molar-refractivity contribution in [2.45, 2.75) is 78.7 Å². The van der Waals surface area contributed by atoms with Crippen molar-refractivity contribution in [3.8, 4) is 5.75 Å². The maximum Gasteiger partial charge on any atom is 0.381 e. The quantitative estimate of drug-likeness (QED) is 0.249. The van der Waals surface area contributed by atoms with Crippen LogP contribution in [0.2, 0.25) is 0 Å². The van der Waals surface area contributed by atoms with E-state index in [0.29, 0.717) is 32.2 Å². The minimum Gasteiger partial charge on any atom is -0.491 e. The van der Waals surface area contributed by atoms with Crippen molar-refractivity contribution in [1.82, 2.24) is 9.55 Å². The zero-order chi connectivity index (χ0) is 23.2. The Kier molecular flexibility index (Phi) is 8.23. The summed E-state index contributed by atoms with van der Waals surface area (Å²) in [6, 6.07) is 6.56. The number of ether oxygens (including phenoxy) is 2. The van der Waals surface area contributed by atoms with Gasteiger partial charge in [0, 0.05) is 19.0 Å². The van der Waals surface area contributed by atoms with E-state index in [4.69, 9.17) is 9.47 Å². The number of hydrogen-bond acceptors (Lipinski definition) is 5. The minimum atomic E-state index is -0.486. The van der Waals surface area contributed by atoms with E-state index < -0.39 is 4.92 Å². The van der Waals surface area contributed by atoms with E-state index in [1.165, 1.54) is 17.3 Å². The van der Waals surface area contributed by atoms with Crippen LogP contribution in [-0.2, 0) is 22.1 Å². The molecule has 0 bridgehead atoms. The number of nitro groups is 1. The zero-order valence-electron chi connectivity index (χ0n) is 20.0. The van der Waals surface area contributed by atoms with Crippen LogP contribution < -0.4 is 4.74 Å². The summed E-state index contributed by atoms with van der Waals surface area (Å²) < 4.78 is 13.5. The minimum absolute atomic E-state index is 0.0175. The van der Waals surface area contributed by atoms with Gasteiger partial charge in [-0.05, 0) is 45.2 Å². The number of nitrogens with zero attached hydrogens (tertiary/aromatic N) is 3. The highest BCUT2D eigenvalue weighted by molar-refractivity contribution is 5.44. The van der Waals surface area contributed by atoms with Gasteiger partial charge in [-0.2, -0.15) is 0 Å². The van der Waals surface area contributed by atoms with Crippen molar-refractivity contribution in [3.05, 3.63) is 51.5 Å². The molecule has 0 saturated carbocycles. The molecule has 172 valence electrons. The predicted octanol–water partition coefficient (Wildman–Crippen LogP) is 5.57. The molecule has 0 aliphatic carbocycles. The van der Waals surface area contributed by atoms with Crippen LogP contribution in [-0.4, -0.2) is 34.3 Å². The molecule has 2 rings (SSSR count). The van der Waals surface area contributed by atoms with Crippen molar-refractivity contribution >= 4 is 5.82 Å². The summed E-state index contributed by atoms with van der Waals surface area (Å²) >= 11 is 0. The molecule has 1 aromatic carbocycles. The molecule has 0 amide bonds. The first-order chi connectivity index (χ1) is 14.5. The Morgan fingerprint density at radius 3 is 2.32 bits per heavy atom. The second-order valence-electron chi connectivity index (χ2n) is 9.24. The van der Waals surface area contributed by atoms with Crippen LogP contribution in [0.5, 0.6) is 5.75 Å². The van der Waals surface area contributed by atoms with Crippen LogP contribution in [0, 0.1) is 17.0 Å². The maximum absolute atomic E-state index is 10.8. The summed E-state index contributed by atoms with van der Waals surface area (Å²) in [5, 5.41) is 10.8. The predicted molar refractivity (Wildman–Crippen MR) is 123 cm³/mol. The first-order valence-corrected chi connectivity index (χ1v) is 11.1. The van der Waals surface area contributed by atoms with Crippen molar-refractivity contribution in [2.24, 2.45) is 0 Å². The molecule has 0 spiro atoms. The summed E-state index contributed by atoms with van der Waals surface area (Å²) in [5.41, 5.74) is 2.71. The SMILES string of the molecule is CCC(C)(C)c1ccc(OCCOCCn2cc([N+](=O)[O-])nc2C)c(C(C)(C)CC)c1. The standard InChI is InChI=1S/C24H37N3O4/c1-8-23(4,5)19-10-11-21(20(16-19)24(6,7)9-2)31-15-14-30-13-12-26-17-22(27(28)29)25-18(26)3/h10-11,16-17H,8-9,12-15H2,1-7H3. The first-order valence-electron chi connectivity index (χ1n) is 11.1. The fourth-order valence-electron chi connectivity index (χ4n) is 3.28. The van der Waals surface area contributed by atoms with Crippen LogP contribution in [0.1, 0.15) is 71.3 Å². The van der Waals surface area contributed by atoms with E-state index in [2.05, 4.69) is 64.7 Å². The smallest absolute Gasteiger partial charge is 0.381 e. The van der Waals surface area contributed by atoms with Crippen LogP contribution in [0.25, 0.3) is 0 Å². The van der Waals surface area contributed by atoms with Crippen LogP contribution in [0.15, 0.2) is 24.4 Å². The van der Waals surface area contributed by atoms with Gasteiger partial charge in [0.05, 0.1) is 13.2 Å². The molecular weight excluding hydrogens is 394 g/mol. The number of imidazole rings is 1. The van der Waals surface area contributed by atoms with Crippen molar-refractivity contribution in [1.29, 1.82) is 0 Å². The zero-order valence-corrected chi connectivity index (χ0v) is 20.0. The van der Waals surface area contributed by atoms with E-state index in [1.807, 2.05) is 0 Å². The third-order valence-corrected chi connectivity index (χ3v) is 6.37. The Morgan fingerprint density at radius 1 is 1.06 bits per heavy atom. The van der Waals surface area contributed by atoms with E-state index in [1.54, 1.807) is 11.5 Å². The molecule has 0 unspecified atom stereocenters. The lowest BCUT2D eigenvalue weighted by Gasteiger charge is -2.30. The van der Waals surface area contributed by atoms with Gasteiger partial charge in [-0.3, -0.25) is 0 Å². The molecule has 7 nitrogen and oxygen atoms in total.